The van der Waals surface area contributed by atoms with Gasteiger partial charge < -0.3 is 14.4 Å². The minimum atomic E-state index is -0.115. The summed E-state index contributed by atoms with van der Waals surface area (Å²) in [4.78, 5) is 13.8. The van der Waals surface area contributed by atoms with E-state index in [1.54, 1.807) is 29.9 Å². The van der Waals surface area contributed by atoms with E-state index in [0.717, 1.165) is 17.5 Å². The van der Waals surface area contributed by atoms with Crippen LogP contribution >= 0.6 is 0 Å². The normalized spacial score (nSPS) is 10.3. The first-order valence-electron chi connectivity index (χ1n) is 7.65. The number of benzene rings is 1. The van der Waals surface area contributed by atoms with Crippen molar-refractivity contribution in [2.24, 2.45) is 7.05 Å². The average molecular weight is 329 g/mol. The van der Waals surface area contributed by atoms with E-state index < -0.39 is 0 Å². The zero-order valence-electron chi connectivity index (χ0n) is 14.4. The smallest absolute Gasteiger partial charge is 0.260 e. The standard InChI is InChI=1S/C18H23N3O3/c1-5-6-14-7-8-16(17(9-14)23-4)24-13-18(22)20(2)11-15-10-19-21(3)12-15/h5,7-10,12H,1,6,11,13H2,2-4H3. The van der Waals surface area contributed by atoms with Gasteiger partial charge >= 0.3 is 0 Å². The van der Waals surface area contributed by atoms with Crippen molar-refractivity contribution < 1.29 is 14.3 Å². The van der Waals surface area contributed by atoms with E-state index in [0.29, 0.717) is 18.0 Å². The Hall–Kier alpha value is -2.76. The van der Waals surface area contributed by atoms with Crippen LogP contribution in [-0.2, 0) is 24.8 Å². The van der Waals surface area contributed by atoms with E-state index in [1.807, 2.05) is 37.5 Å². The minimum absolute atomic E-state index is 0.0477. The van der Waals surface area contributed by atoms with Crippen LogP contribution in [0.4, 0.5) is 0 Å². The maximum atomic E-state index is 12.2. The number of carbonyl (C=O) groups is 1. The van der Waals surface area contributed by atoms with Crippen LogP contribution in [0.2, 0.25) is 0 Å². The fourth-order valence-electron chi connectivity index (χ4n) is 2.29. The van der Waals surface area contributed by atoms with Crippen LogP contribution in [0, 0.1) is 0 Å². The van der Waals surface area contributed by atoms with Gasteiger partial charge in [-0.2, -0.15) is 5.10 Å². The summed E-state index contributed by atoms with van der Waals surface area (Å²) in [7, 11) is 5.16. The van der Waals surface area contributed by atoms with E-state index in [9.17, 15) is 4.79 Å². The molecule has 0 aliphatic heterocycles. The third kappa shape index (κ3) is 4.62. The van der Waals surface area contributed by atoms with Crippen LogP contribution < -0.4 is 9.47 Å². The number of ether oxygens (including phenoxy) is 2. The number of aromatic nitrogens is 2. The van der Waals surface area contributed by atoms with Crippen molar-refractivity contribution in [1.29, 1.82) is 0 Å². The lowest BCUT2D eigenvalue weighted by molar-refractivity contribution is -0.132. The van der Waals surface area contributed by atoms with Crippen molar-refractivity contribution in [3.05, 3.63) is 54.4 Å². The molecule has 0 spiro atoms. The molecule has 2 aromatic rings. The van der Waals surface area contributed by atoms with Gasteiger partial charge in [0.05, 0.1) is 13.3 Å². The number of likely N-dealkylation sites (N-methyl/N-ethyl adjacent to an activating group) is 1. The lowest BCUT2D eigenvalue weighted by Crippen LogP contribution is -2.30. The highest BCUT2D eigenvalue weighted by Gasteiger charge is 2.13. The summed E-state index contributed by atoms with van der Waals surface area (Å²) in [6.45, 7) is 4.16. The first-order valence-corrected chi connectivity index (χ1v) is 7.65. The molecule has 0 aliphatic rings. The monoisotopic (exact) mass is 329 g/mol. The van der Waals surface area contributed by atoms with Crippen LogP contribution in [0.3, 0.4) is 0 Å². The van der Waals surface area contributed by atoms with Crippen LogP contribution in [0.1, 0.15) is 11.1 Å². The maximum Gasteiger partial charge on any atom is 0.260 e. The van der Waals surface area contributed by atoms with Crippen molar-refractivity contribution >= 4 is 5.91 Å². The quantitative estimate of drug-likeness (QED) is 0.697. The fraction of sp³-hybridized carbons (Fsp3) is 0.333. The molecule has 0 N–H and O–H groups in total. The minimum Gasteiger partial charge on any atom is -0.493 e. The molecule has 0 atom stereocenters. The van der Waals surface area contributed by atoms with Gasteiger partial charge in [-0.15, -0.1) is 6.58 Å². The molecule has 6 nitrogen and oxygen atoms in total. The predicted molar refractivity (Wildman–Crippen MR) is 92.1 cm³/mol. The highest BCUT2D eigenvalue weighted by molar-refractivity contribution is 5.77. The van der Waals surface area contributed by atoms with Gasteiger partial charge in [0.15, 0.2) is 18.1 Å². The summed E-state index contributed by atoms with van der Waals surface area (Å²) in [6, 6.07) is 5.64. The van der Waals surface area contributed by atoms with E-state index >= 15 is 0 Å². The van der Waals surface area contributed by atoms with Crippen LogP contribution in [0.15, 0.2) is 43.2 Å². The lowest BCUT2D eigenvalue weighted by Gasteiger charge is -2.17. The second kappa shape index (κ2) is 8.19. The Morgan fingerprint density at radius 3 is 2.79 bits per heavy atom. The van der Waals surface area contributed by atoms with Crippen molar-refractivity contribution in [2.75, 3.05) is 20.8 Å². The molecule has 0 fully saturated rings. The van der Waals surface area contributed by atoms with Crippen LogP contribution in [0.5, 0.6) is 11.5 Å². The molecular weight excluding hydrogens is 306 g/mol. The van der Waals surface area contributed by atoms with Gasteiger partial charge in [-0.25, -0.2) is 0 Å². The molecule has 0 saturated carbocycles. The zero-order chi connectivity index (χ0) is 17.5. The summed E-state index contributed by atoms with van der Waals surface area (Å²) >= 11 is 0. The van der Waals surface area contributed by atoms with E-state index in [2.05, 4.69) is 11.7 Å². The fourth-order valence-corrected chi connectivity index (χ4v) is 2.29. The summed E-state index contributed by atoms with van der Waals surface area (Å²) in [6.07, 6.45) is 6.20. The van der Waals surface area contributed by atoms with Crippen molar-refractivity contribution in [3.8, 4) is 11.5 Å². The number of carbonyl (C=O) groups excluding carboxylic acids is 1. The molecule has 2 rings (SSSR count). The van der Waals surface area contributed by atoms with E-state index in [4.69, 9.17) is 9.47 Å². The number of allylic oxidation sites excluding steroid dienone is 1. The van der Waals surface area contributed by atoms with Gasteiger partial charge in [0.2, 0.25) is 0 Å². The van der Waals surface area contributed by atoms with Gasteiger partial charge in [0.1, 0.15) is 0 Å². The predicted octanol–water partition coefficient (Wildman–Crippen LogP) is 2.19. The Balaban J connectivity index is 1.94. The van der Waals surface area contributed by atoms with Crippen LogP contribution in [-0.4, -0.2) is 41.4 Å². The number of hydrogen-bond acceptors (Lipinski definition) is 4. The molecule has 0 unspecified atom stereocenters. The molecule has 0 aliphatic carbocycles. The van der Waals surface area contributed by atoms with Gasteiger partial charge in [-0.05, 0) is 24.1 Å². The summed E-state index contributed by atoms with van der Waals surface area (Å²) < 4.78 is 12.7. The Kier molecular flexibility index (Phi) is 6.01. The summed E-state index contributed by atoms with van der Waals surface area (Å²) in [5, 5.41) is 4.09. The number of hydrogen-bond donors (Lipinski definition) is 0. The summed E-state index contributed by atoms with van der Waals surface area (Å²) in [5.74, 6) is 1.04. The zero-order valence-corrected chi connectivity index (χ0v) is 14.4. The second-order valence-corrected chi connectivity index (χ2v) is 5.54. The van der Waals surface area contributed by atoms with Crippen molar-refractivity contribution in [3.63, 3.8) is 0 Å². The maximum absolute atomic E-state index is 12.2. The Labute approximate surface area is 142 Å². The molecule has 1 heterocycles. The van der Waals surface area contributed by atoms with Gasteiger partial charge in [-0.1, -0.05) is 12.1 Å². The van der Waals surface area contributed by atoms with Crippen molar-refractivity contribution in [1.82, 2.24) is 14.7 Å². The average Bonchev–Trinajstić information content (AvgIpc) is 2.98. The molecule has 1 aromatic carbocycles. The topological polar surface area (TPSA) is 56.6 Å². The Morgan fingerprint density at radius 2 is 2.17 bits per heavy atom. The number of amides is 1. The van der Waals surface area contributed by atoms with E-state index in [1.165, 1.54) is 0 Å². The SMILES string of the molecule is C=CCc1ccc(OCC(=O)N(C)Cc2cnn(C)c2)c(OC)c1. The van der Waals surface area contributed by atoms with Crippen LogP contribution in [0.25, 0.3) is 0 Å². The highest BCUT2D eigenvalue weighted by atomic mass is 16.5. The Bertz CT molecular complexity index is 709. The number of rotatable bonds is 8. The Morgan fingerprint density at radius 1 is 1.38 bits per heavy atom. The largest absolute Gasteiger partial charge is 0.493 e. The molecule has 1 amide bonds. The van der Waals surface area contributed by atoms with Crippen molar-refractivity contribution in [2.45, 2.75) is 13.0 Å². The number of aryl methyl sites for hydroxylation is 1. The third-order valence-corrected chi connectivity index (χ3v) is 3.56. The molecule has 6 heteroatoms. The lowest BCUT2D eigenvalue weighted by atomic mass is 10.1. The first kappa shape index (κ1) is 17.6. The number of nitrogens with zero attached hydrogens (tertiary/aromatic N) is 3. The molecular formula is C18H23N3O3. The van der Waals surface area contributed by atoms with E-state index in [-0.39, 0.29) is 12.5 Å². The molecule has 0 radical (unpaired) electrons. The molecule has 0 saturated heterocycles. The second-order valence-electron chi connectivity index (χ2n) is 5.54. The molecule has 1 aromatic heterocycles. The number of methoxy groups -OCH3 is 1. The third-order valence-electron chi connectivity index (χ3n) is 3.56. The van der Waals surface area contributed by atoms with Gasteiger partial charge in [-0.3, -0.25) is 9.48 Å². The molecule has 24 heavy (non-hydrogen) atoms. The highest BCUT2D eigenvalue weighted by Crippen LogP contribution is 2.28. The first-order chi connectivity index (χ1) is 11.5. The van der Waals surface area contributed by atoms with Gasteiger partial charge in [0, 0.05) is 32.4 Å². The van der Waals surface area contributed by atoms with Gasteiger partial charge in [0.25, 0.3) is 5.91 Å². The molecule has 0 bridgehead atoms. The summed E-state index contributed by atoms with van der Waals surface area (Å²) in [5.41, 5.74) is 2.05. The molecule has 128 valence electrons.